The van der Waals surface area contributed by atoms with Gasteiger partial charge in [0.2, 0.25) is 0 Å². The molecule has 3 N–H and O–H groups in total. The van der Waals surface area contributed by atoms with Crippen molar-refractivity contribution >= 4 is 16.8 Å². The molecule has 1 amide bonds. The highest BCUT2D eigenvalue weighted by molar-refractivity contribution is 6.06. The maximum Gasteiger partial charge on any atom is 0.253 e. The fraction of sp³-hybridized carbons (Fsp3) is 0.105. The van der Waals surface area contributed by atoms with Gasteiger partial charge in [-0.25, -0.2) is 4.98 Å². The summed E-state index contributed by atoms with van der Waals surface area (Å²) in [5, 5.41) is 10.6. The molecule has 2 aromatic carbocycles. The van der Waals surface area contributed by atoms with E-state index in [0.29, 0.717) is 17.9 Å². The van der Waals surface area contributed by atoms with Crippen LogP contribution in [0.3, 0.4) is 0 Å². The van der Waals surface area contributed by atoms with Gasteiger partial charge in [0.1, 0.15) is 6.33 Å². The predicted molar refractivity (Wildman–Crippen MR) is 96.0 cm³/mol. The number of benzene rings is 2. The second-order valence-corrected chi connectivity index (χ2v) is 5.97. The molecule has 2 aromatic heterocycles. The minimum Gasteiger partial charge on any atom is -0.360 e. The van der Waals surface area contributed by atoms with Crippen molar-refractivity contribution in [3.8, 4) is 11.4 Å². The van der Waals surface area contributed by atoms with Crippen molar-refractivity contribution in [1.82, 2.24) is 25.5 Å². The number of nitrogens with zero attached hydrogens (tertiary/aromatic N) is 2. The van der Waals surface area contributed by atoms with Crippen LogP contribution in [0.4, 0.5) is 0 Å². The molecule has 6 heteroatoms. The normalized spacial score (nSPS) is 10.9. The number of nitrogens with one attached hydrogen (secondary N) is 3. The van der Waals surface area contributed by atoms with Gasteiger partial charge in [-0.1, -0.05) is 29.8 Å². The number of aromatic amines is 2. The highest BCUT2D eigenvalue weighted by Crippen LogP contribution is 2.20. The van der Waals surface area contributed by atoms with Crippen LogP contribution < -0.4 is 5.32 Å². The standard InChI is InChI=1S/C19H17N5O/c1-12-5-6-17-15(7-12)16(10-20-17)19(25)21-9-13-3-2-4-14(8-13)18-22-11-23-24-18/h2-8,10-11,20H,9H2,1H3,(H,21,25)(H,22,23,24). The van der Waals surface area contributed by atoms with Gasteiger partial charge in [-0.3, -0.25) is 9.89 Å². The molecule has 0 radical (unpaired) electrons. The summed E-state index contributed by atoms with van der Waals surface area (Å²) in [7, 11) is 0. The molecule has 0 unspecified atom stereocenters. The van der Waals surface area contributed by atoms with Crippen LogP contribution in [0.25, 0.3) is 22.3 Å². The molecule has 4 rings (SSSR count). The van der Waals surface area contributed by atoms with Gasteiger partial charge in [-0.15, -0.1) is 0 Å². The van der Waals surface area contributed by atoms with Gasteiger partial charge in [-0.05, 0) is 30.7 Å². The van der Waals surface area contributed by atoms with Crippen LogP contribution in [0.15, 0.2) is 55.0 Å². The van der Waals surface area contributed by atoms with Crippen molar-refractivity contribution < 1.29 is 4.79 Å². The highest BCUT2D eigenvalue weighted by atomic mass is 16.1. The minimum atomic E-state index is -0.0954. The van der Waals surface area contributed by atoms with Gasteiger partial charge in [-0.2, -0.15) is 5.10 Å². The van der Waals surface area contributed by atoms with Crippen molar-refractivity contribution in [3.63, 3.8) is 0 Å². The number of amides is 1. The molecule has 0 bridgehead atoms. The number of aromatic nitrogens is 4. The molecule has 2 heterocycles. The molecule has 0 aliphatic carbocycles. The van der Waals surface area contributed by atoms with Crippen LogP contribution in [0, 0.1) is 6.92 Å². The van der Waals surface area contributed by atoms with E-state index < -0.39 is 0 Å². The molecule has 0 saturated carbocycles. The summed E-state index contributed by atoms with van der Waals surface area (Å²) in [4.78, 5) is 19.8. The average Bonchev–Trinajstić information content (AvgIpc) is 3.29. The lowest BCUT2D eigenvalue weighted by molar-refractivity contribution is 0.0952. The lowest BCUT2D eigenvalue weighted by Crippen LogP contribution is -2.22. The van der Waals surface area contributed by atoms with E-state index in [0.717, 1.165) is 27.6 Å². The Bertz CT molecular complexity index is 1030. The van der Waals surface area contributed by atoms with Gasteiger partial charge >= 0.3 is 0 Å². The molecular formula is C19H17N5O. The second-order valence-electron chi connectivity index (χ2n) is 5.97. The fourth-order valence-electron chi connectivity index (χ4n) is 2.87. The summed E-state index contributed by atoms with van der Waals surface area (Å²) >= 11 is 0. The number of carbonyl (C=O) groups is 1. The maximum absolute atomic E-state index is 12.6. The third kappa shape index (κ3) is 3.01. The van der Waals surface area contributed by atoms with Crippen molar-refractivity contribution in [1.29, 1.82) is 0 Å². The quantitative estimate of drug-likeness (QED) is 0.537. The summed E-state index contributed by atoms with van der Waals surface area (Å²) in [6.07, 6.45) is 3.23. The van der Waals surface area contributed by atoms with Crippen LogP contribution in [-0.4, -0.2) is 26.1 Å². The Morgan fingerprint density at radius 1 is 1.20 bits per heavy atom. The number of fused-ring (bicyclic) bond motifs is 1. The van der Waals surface area contributed by atoms with Crippen LogP contribution in [0.1, 0.15) is 21.5 Å². The van der Waals surface area contributed by atoms with Gasteiger partial charge < -0.3 is 10.3 Å². The molecule has 0 fully saturated rings. The molecule has 25 heavy (non-hydrogen) atoms. The Morgan fingerprint density at radius 3 is 2.96 bits per heavy atom. The molecule has 0 aliphatic heterocycles. The summed E-state index contributed by atoms with van der Waals surface area (Å²) in [5.74, 6) is 0.613. The lowest BCUT2D eigenvalue weighted by Gasteiger charge is -2.06. The van der Waals surface area contributed by atoms with E-state index in [-0.39, 0.29) is 5.91 Å². The van der Waals surface area contributed by atoms with Gasteiger partial charge in [0.05, 0.1) is 5.56 Å². The largest absolute Gasteiger partial charge is 0.360 e. The summed E-state index contributed by atoms with van der Waals surface area (Å²) < 4.78 is 0. The molecule has 6 nitrogen and oxygen atoms in total. The smallest absolute Gasteiger partial charge is 0.253 e. The first-order valence-electron chi connectivity index (χ1n) is 8.01. The Morgan fingerprint density at radius 2 is 2.12 bits per heavy atom. The zero-order chi connectivity index (χ0) is 17.2. The zero-order valence-electron chi connectivity index (χ0n) is 13.7. The first-order valence-corrected chi connectivity index (χ1v) is 8.01. The monoisotopic (exact) mass is 331 g/mol. The molecular weight excluding hydrogens is 314 g/mol. The third-order valence-corrected chi connectivity index (χ3v) is 4.15. The van der Waals surface area contributed by atoms with Crippen molar-refractivity contribution in [2.45, 2.75) is 13.5 Å². The van der Waals surface area contributed by atoms with Crippen molar-refractivity contribution in [2.24, 2.45) is 0 Å². The Hall–Kier alpha value is -3.41. The van der Waals surface area contributed by atoms with E-state index >= 15 is 0 Å². The summed E-state index contributed by atoms with van der Waals surface area (Å²) in [6, 6.07) is 13.9. The third-order valence-electron chi connectivity index (χ3n) is 4.15. The van der Waals surface area contributed by atoms with Crippen LogP contribution in [0.5, 0.6) is 0 Å². The second kappa shape index (κ2) is 6.24. The lowest BCUT2D eigenvalue weighted by atomic mass is 10.1. The zero-order valence-corrected chi connectivity index (χ0v) is 13.7. The maximum atomic E-state index is 12.6. The van der Waals surface area contributed by atoms with E-state index in [1.165, 1.54) is 6.33 Å². The van der Waals surface area contributed by atoms with E-state index in [4.69, 9.17) is 0 Å². The summed E-state index contributed by atoms with van der Waals surface area (Å²) in [5.41, 5.74) is 4.68. The van der Waals surface area contributed by atoms with Crippen LogP contribution in [-0.2, 0) is 6.54 Å². The molecule has 0 aliphatic rings. The van der Waals surface area contributed by atoms with Crippen LogP contribution in [0.2, 0.25) is 0 Å². The first kappa shape index (κ1) is 15.1. The number of hydrogen-bond acceptors (Lipinski definition) is 3. The van der Waals surface area contributed by atoms with E-state index in [1.54, 1.807) is 6.20 Å². The Balaban J connectivity index is 1.52. The first-order chi connectivity index (χ1) is 12.2. The Kier molecular flexibility index (Phi) is 3.78. The van der Waals surface area contributed by atoms with Crippen molar-refractivity contribution in [2.75, 3.05) is 0 Å². The molecule has 4 aromatic rings. The number of carbonyl (C=O) groups excluding carboxylic acids is 1. The number of rotatable bonds is 4. The number of aryl methyl sites for hydroxylation is 1. The molecule has 0 atom stereocenters. The predicted octanol–water partition coefficient (Wildman–Crippen LogP) is 3.19. The summed E-state index contributed by atoms with van der Waals surface area (Å²) in [6.45, 7) is 2.46. The highest BCUT2D eigenvalue weighted by Gasteiger charge is 2.12. The van der Waals surface area contributed by atoms with Gasteiger partial charge in [0.25, 0.3) is 5.91 Å². The number of H-pyrrole nitrogens is 2. The molecule has 124 valence electrons. The van der Waals surface area contributed by atoms with Gasteiger partial charge in [0.15, 0.2) is 5.82 Å². The molecule has 0 spiro atoms. The topological polar surface area (TPSA) is 86.5 Å². The Labute approximate surface area is 144 Å². The van der Waals surface area contributed by atoms with E-state index in [9.17, 15) is 4.79 Å². The van der Waals surface area contributed by atoms with E-state index in [2.05, 4.69) is 25.5 Å². The van der Waals surface area contributed by atoms with Crippen LogP contribution >= 0.6 is 0 Å². The van der Waals surface area contributed by atoms with Gasteiger partial charge in [0, 0.05) is 29.2 Å². The average molecular weight is 331 g/mol. The number of hydrogen-bond donors (Lipinski definition) is 3. The minimum absolute atomic E-state index is 0.0954. The van der Waals surface area contributed by atoms with E-state index in [1.807, 2.05) is 49.4 Å². The fourth-order valence-corrected chi connectivity index (χ4v) is 2.87. The molecule has 0 saturated heterocycles. The SMILES string of the molecule is Cc1ccc2[nH]cc(C(=O)NCc3cccc(-c4ncn[nH]4)c3)c2c1. The van der Waals surface area contributed by atoms with Crippen molar-refractivity contribution in [3.05, 3.63) is 71.7 Å².